The molecule has 2 aromatic rings. The van der Waals surface area contributed by atoms with E-state index in [-0.39, 0.29) is 5.91 Å². The van der Waals surface area contributed by atoms with E-state index < -0.39 is 5.41 Å². The number of nitrogens with zero attached hydrogens (tertiary/aromatic N) is 2. The van der Waals surface area contributed by atoms with Crippen molar-refractivity contribution in [3.8, 4) is 0 Å². The molecule has 3 rings (SSSR count). The Hall–Kier alpha value is -2.10. The summed E-state index contributed by atoms with van der Waals surface area (Å²) in [5.41, 5.74) is 3.62. The third kappa shape index (κ3) is 3.31. The number of hydrogen-bond donors (Lipinski definition) is 1. The summed E-state index contributed by atoms with van der Waals surface area (Å²) < 4.78 is 0. The summed E-state index contributed by atoms with van der Waals surface area (Å²) in [7, 11) is 0. The molecule has 1 aromatic heterocycles. The molecule has 1 aliphatic heterocycles. The van der Waals surface area contributed by atoms with Gasteiger partial charge in [0.15, 0.2) is 0 Å². The number of carbonyl (C=O) groups is 1. The maximum atomic E-state index is 12.2. The predicted molar refractivity (Wildman–Crippen MR) is 96.0 cm³/mol. The molecule has 0 atom stereocenters. The fraction of sp³-hybridized carbons (Fsp3) is 0.474. The van der Waals surface area contributed by atoms with Crippen LogP contribution in [0.5, 0.6) is 0 Å². The number of carbonyl (C=O) groups excluding carboxylic acids is 1. The van der Waals surface area contributed by atoms with Crippen molar-refractivity contribution >= 4 is 28.2 Å². The maximum Gasteiger partial charge on any atom is 0.229 e. The predicted octanol–water partition coefficient (Wildman–Crippen LogP) is 4.13. The monoisotopic (exact) mass is 311 g/mol. The van der Waals surface area contributed by atoms with Crippen LogP contribution < -0.4 is 10.2 Å². The first kappa shape index (κ1) is 15.8. The van der Waals surface area contributed by atoms with E-state index in [0.29, 0.717) is 0 Å². The van der Waals surface area contributed by atoms with E-state index in [2.05, 4.69) is 27.3 Å². The van der Waals surface area contributed by atoms with E-state index >= 15 is 0 Å². The van der Waals surface area contributed by atoms with Crippen LogP contribution in [0, 0.1) is 12.3 Å². The molecule has 1 aromatic carbocycles. The summed E-state index contributed by atoms with van der Waals surface area (Å²) in [6.07, 6.45) is 2.51. The average Bonchev–Trinajstić information content (AvgIpc) is 2.99. The van der Waals surface area contributed by atoms with Crippen LogP contribution in [-0.4, -0.2) is 24.0 Å². The molecule has 2 heterocycles. The Kier molecular flexibility index (Phi) is 4.00. The lowest BCUT2D eigenvalue weighted by molar-refractivity contribution is -0.123. The number of rotatable bonds is 2. The number of anilines is 2. The summed E-state index contributed by atoms with van der Waals surface area (Å²) in [5, 5.41) is 4.15. The van der Waals surface area contributed by atoms with Crippen molar-refractivity contribution in [2.75, 3.05) is 23.3 Å². The molecule has 1 N–H and O–H groups in total. The van der Waals surface area contributed by atoms with Crippen molar-refractivity contribution in [2.24, 2.45) is 5.41 Å². The van der Waals surface area contributed by atoms with Crippen LogP contribution in [0.1, 0.15) is 39.3 Å². The minimum absolute atomic E-state index is 0.0178. The zero-order valence-electron chi connectivity index (χ0n) is 14.4. The second-order valence-corrected chi connectivity index (χ2v) is 7.41. The van der Waals surface area contributed by atoms with E-state index in [0.717, 1.165) is 35.4 Å². The standard InChI is InChI=1S/C19H25N3O/c1-13-11-17(22-9-5-6-10-22)15-8-7-14(12-16(15)20-13)21-18(23)19(2,3)4/h7-8,11-12H,5-6,9-10H2,1-4H3,(H,21,23). The summed E-state index contributed by atoms with van der Waals surface area (Å²) in [6, 6.07) is 8.20. The van der Waals surface area contributed by atoms with Gasteiger partial charge in [0, 0.05) is 41.0 Å². The van der Waals surface area contributed by atoms with Gasteiger partial charge in [0.25, 0.3) is 0 Å². The van der Waals surface area contributed by atoms with Crippen molar-refractivity contribution < 1.29 is 4.79 Å². The van der Waals surface area contributed by atoms with Gasteiger partial charge in [-0.1, -0.05) is 20.8 Å². The zero-order valence-corrected chi connectivity index (χ0v) is 14.4. The SMILES string of the molecule is Cc1cc(N2CCCC2)c2ccc(NC(=O)C(C)(C)C)cc2n1. The molecule has 0 saturated carbocycles. The van der Waals surface area contributed by atoms with E-state index in [4.69, 9.17) is 0 Å². The Morgan fingerprint density at radius 1 is 1.17 bits per heavy atom. The molecule has 23 heavy (non-hydrogen) atoms. The van der Waals surface area contributed by atoms with Crippen molar-refractivity contribution in [3.63, 3.8) is 0 Å². The Labute approximate surface area is 137 Å². The lowest BCUT2D eigenvalue weighted by Gasteiger charge is -2.21. The number of nitrogens with one attached hydrogen (secondary N) is 1. The van der Waals surface area contributed by atoms with Crippen LogP contribution in [-0.2, 0) is 4.79 Å². The molecule has 1 saturated heterocycles. The highest BCUT2D eigenvalue weighted by Gasteiger charge is 2.21. The molecule has 0 bridgehead atoms. The smallest absolute Gasteiger partial charge is 0.229 e. The van der Waals surface area contributed by atoms with Gasteiger partial charge in [0.2, 0.25) is 5.91 Å². The van der Waals surface area contributed by atoms with E-state index in [1.165, 1.54) is 18.5 Å². The quantitative estimate of drug-likeness (QED) is 0.907. The Morgan fingerprint density at radius 3 is 2.52 bits per heavy atom. The topological polar surface area (TPSA) is 45.2 Å². The van der Waals surface area contributed by atoms with Gasteiger partial charge in [0.05, 0.1) is 5.52 Å². The third-order valence-electron chi connectivity index (χ3n) is 4.30. The Morgan fingerprint density at radius 2 is 1.87 bits per heavy atom. The average molecular weight is 311 g/mol. The molecule has 1 aliphatic rings. The fourth-order valence-corrected chi connectivity index (χ4v) is 2.95. The highest BCUT2D eigenvalue weighted by molar-refractivity contribution is 5.99. The highest BCUT2D eigenvalue weighted by Crippen LogP contribution is 2.31. The molecule has 122 valence electrons. The summed E-state index contributed by atoms with van der Waals surface area (Å²) in [6.45, 7) is 9.99. The molecular weight excluding hydrogens is 286 g/mol. The van der Waals surface area contributed by atoms with Crippen LogP contribution in [0.3, 0.4) is 0 Å². The molecule has 0 unspecified atom stereocenters. The zero-order chi connectivity index (χ0) is 16.6. The number of benzene rings is 1. The molecule has 4 heteroatoms. The minimum Gasteiger partial charge on any atom is -0.371 e. The van der Waals surface area contributed by atoms with Gasteiger partial charge in [-0.3, -0.25) is 9.78 Å². The van der Waals surface area contributed by atoms with E-state index in [9.17, 15) is 4.79 Å². The van der Waals surface area contributed by atoms with Crippen molar-refractivity contribution in [1.82, 2.24) is 4.98 Å². The van der Waals surface area contributed by atoms with Crippen molar-refractivity contribution in [2.45, 2.75) is 40.5 Å². The molecule has 0 aliphatic carbocycles. The van der Waals surface area contributed by atoms with Gasteiger partial charge in [-0.05, 0) is 44.0 Å². The second-order valence-electron chi connectivity index (χ2n) is 7.41. The number of pyridine rings is 1. The lowest BCUT2D eigenvalue weighted by Crippen LogP contribution is -2.27. The molecule has 1 fully saturated rings. The number of amides is 1. The highest BCUT2D eigenvalue weighted by atomic mass is 16.2. The second kappa shape index (κ2) is 5.84. The number of fused-ring (bicyclic) bond motifs is 1. The van der Waals surface area contributed by atoms with Gasteiger partial charge in [0.1, 0.15) is 0 Å². The van der Waals surface area contributed by atoms with Crippen LogP contribution in [0.2, 0.25) is 0 Å². The van der Waals surface area contributed by atoms with Gasteiger partial charge in [-0.2, -0.15) is 0 Å². The third-order valence-corrected chi connectivity index (χ3v) is 4.30. The summed E-state index contributed by atoms with van der Waals surface area (Å²) in [5.74, 6) is 0.0178. The van der Waals surface area contributed by atoms with Crippen LogP contribution in [0.15, 0.2) is 24.3 Å². The number of aromatic nitrogens is 1. The lowest BCUT2D eigenvalue weighted by atomic mass is 9.95. The maximum absolute atomic E-state index is 12.2. The molecular formula is C19H25N3O. The normalized spacial score (nSPS) is 15.2. The van der Waals surface area contributed by atoms with E-state index in [1.807, 2.05) is 39.8 Å². The van der Waals surface area contributed by atoms with Crippen LogP contribution in [0.25, 0.3) is 10.9 Å². The molecule has 1 amide bonds. The van der Waals surface area contributed by atoms with Crippen molar-refractivity contribution in [3.05, 3.63) is 30.0 Å². The Bertz CT molecular complexity index is 740. The van der Waals surface area contributed by atoms with Gasteiger partial charge in [-0.15, -0.1) is 0 Å². The molecule has 0 spiro atoms. The van der Waals surface area contributed by atoms with E-state index in [1.54, 1.807) is 0 Å². The number of aryl methyl sites for hydroxylation is 1. The first-order valence-corrected chi connectivity index (χ1v) is 8.32. The van der Waals surface area contributed by atoms with Crippen LogP contribution in [0.4, 0.5) is 11.4 Å². The number of hydrogen-bond acceptors (Lipinski definition) is 3. The first-order chi connectivity index (χ1) is 10.8. The summed E-state index contributed by atoms with van der Waals surface area (Å²) >= 11 is 0. The largest absolute Gasteiger partial charge is 0.371 e. The van der Waals surface area contributed by atoms with Gasteiger partial charge in [-0.25, -0.2) is 0 Å². The van der Waals surface area contributed by atoms with Gasteiger partial charge >= 0.3 is 0 Å². The molecule has 0 radical (unpaired) electrons. The molecule has 4 nitrogen and oxygen atoms in total. The summed E-state index contributed by atoms with van der Waals surface area (Å²) in [4.78, 5) is 19.3. The van der Waals surface area contributed by atoms with Crippen LogP contribution >= 0.6 is 0 Å². The van der Waals surface area contributed by atoms with Crippen molar-refractivity contribution in [1.29, 1.82) is 0 Å². The van der Waals surface area contributed by atoms with Gasteiger partial charge < -0.3 is 10.2 Å². The Balaban J connectivity index is 1.98. The minimum atomic E-state index is -0.407. The fourth-order valence-electron chi connectivity index (χ4n) is 2.95. The first-order valence-electron chi connectivity index (χ1n) is 8.32.